The molecular formula is C13H27N3O. The largest absolute Gasteiger partial charge is 0.339 e. The van der Waals surface area contributed by atoms with Crippen LogP contribution in [0.2, 0.25) is 0 Å². The molecule has 1 aliphatic rings. The standard InChI is InChI=1S/C13H27N3O/c1-10(2)11(14)12(17)15-6-8-16(9-7-15)13(3,4)5/h10-11H,6-9,14H2,1-5H3/t11-/m1/s1. The SMILES string of the molecule is CC(C)[C@@H](N)C(=O)N1CCN(C(C)(C)C)CC1. The lowest BCUT2D eigenvalue weighted by atomic mass is 10.0. The molecule has 0 spiro atoms. The molecule has 1 fully saturated rings. The van der Waals surface area contributed by atoms with Crippen LogP contribution in [-0.2, 0) is 4.79 Å². The van der Waals surface area contributed by atoms with Crippen molar-refractivity contribution in [3.05, 3.63) is 0 Å². The third kappa shape index (κ3) is 3.68. The molecule has 1 atom stereocenters. The van der Waals surface area contributed by atoms with Gasteiger partial charge >= 0.3 is 0 Å². The smallest absolute Gasteiger partial charge is 0.239 e. The van der Waals surface area contributed by atoms with Crippen molar-refractivity contribution in [3.8, 4) is 0 Å². The molecule has 4 nitrogen and oxygen atoms in total. The Morgan fingerprint density at radius 3 is 1.94 bits per heavy atom. The van der Waals surface area contributed by atoms with Gasteiger partial charge in [0.25, 0.3) is 0 Å². The fourth-order valence-electron chi connectivity index (χ4n) is 2.09. The first-order valence-corrected chi connectivity index (χ1v) is 6.53. The molecule has 0 aromatic rings. The number of nitrogens with zero attached hydrogens (tertiary/aromatic N) is 2. The van der Waals surface area contributed by atoms with E-state index in [-0.39, 0.29) is 23.4 Å². The van der Waals surface area contributed by atoms with Crippen LogP contribution in [0.5, 0.6) is 0 Å². The molecule has 1 aliphatic heterocycles. The first-order valence-electron chi connectivity index (χ1n) is 6.53. The van der Waals surface area contributed by atoms with Gasteiger partial charge in [0.1, 0.15) is 0 Å². The highest BCUT2D eigenvalue weighted by molar-refractivity contribution is 5.82. The topological polar surface area (TPSA) is 49.6 Å². The number of carbonyl (C=O) groups is 1. The van der Waals surface area contributed by atoms with Crippen LogP contribution in [0.3, 0.4) is 0 Å². The predicted octanol–water partition coefficient (Wildman–Crippen LogP) is 0.912. The van der Waals surface area contributed by atoms with Gasteiger partial charge in [0, 0.05) is 31.7 Å². The van der Waals surface area contributed by atoms with E-state index in [4.69, 9.17) is 5.73 Å². The van der Waals surface area contributed by atoms with E-state index in [1.165, 1.54) is 0 Å². The van der Waals surface area contributed by atoms with Crippen LogP contribution in [0, 0.1) is 5.92 Å². The van der Waals surface area contributed by atoms with Crippen molar-refractivity contribution in [1.29, 1.82) is 0 Å². The summed E-state index contributed by atoms with van der Waals surface area (Å²) in [5.41, 5.74) is 6.10. The third-order valence-electron chi connectivity index (χ3n) is 3.54. The normalized spacial score (nSPS) is 20.8. The second-order valence-corrected chi connectivity index (χ2v) is 6.25. The van der Waals surface area contributed by atoms with E-state index < -0.39 is 0 Å². The molecule has 100 valence electrons. The molecule has 1 saturated heterocycles. The van der Waals surface area contributed by atoms with Crippen LogP contribution in [0.4, 0.5) is 0 Å². The van der Waals surface area contributed by atoms with Crippen LogP contribution in [0.15, 0.2) is 0 Å². The fourth-order valence-corrected chi connectivity index (χ4v) is 2.09. The summed E-state index contributed by atoms with van der Waals surface area (Å²) in [6.07, 6.45) is 0. The fraction of sp³-hybridized carbons (Fsp3) is 0.923. The first-order chi connectivity index (χ1) is 7.73. The Hall–Kier alpha value is -0.610. The average Bonchev–Trinajstić information content (AvgIpc) is 2.26. The lowest BCUT2D eigenvalue weighted by Crippen LogP contribution is -2.57. The van der Waals surface area contributed by atoms with Gasteiger partial charge in [-0.1, -0.05) is 13.8 Å². The van der Waals surface area contributed by atoms with Crippen molar-refractivity contribution in [2.45, 2.75) is 46.2 Å². The second kappa shape index (κ2) is 5.36. The average molecular weight is 241 g/mol. The number of piperazine rings is 1. The van der Waals surface area contributed by atoms with Crippen LogP contribution in [0.1, 0.15) is 34.6 Å². The van der Waals surface area contributed by atoms with Gasteiger partial charge < -0.3 is 10.6 Å². The molecule has 2 N–H and O–H groups in total. The maximum Gasteiger partial charge on any atom is 0.239 e. The van der Waals surface area contributed by atoms with Crippen LogP contribution < -0.4 is 5.73 Å². The molecule has 0 aromatic carbocycles. The van der Waals surface area contributed by atoms with Crippen molar-refractivity contribution >= 4 is 5.91 Å². The van der Waals surface area contributed by atoms with Gasteiger partial charge in [-0.2, -0.15) is 0 Å². The zero-order chi connectivity index (χ0) is 13.2. The number of hydrogen-bond acceptors (Lipinski definition) is 3. The Balaban J connectivity index is 2.50. The number of carbonyl (C=O) groups excluding carboxylic acids is 1. The Morgan fingerprint density at radius 2 is 1.59 bits per heavy atom. The van der Waals surface area contributed by atoms with Crippen LogP contribution in [-0.4, -0.2) is 53.5 Å². The van der Waals surface area contributed by atoms with E-state index >= 15 is 0 Å². The zero-order valence-corrected chi connectivity index (χ0v) is 11.9. The Kier molecular flexibility index (Phi) is 4.55. The van der Waals surface area contributed by atoms with Gasteiger partial charge in [0.15, 0.2) is 0 Å². The summed E-state index contributed by atoms with van der Waals surface area (Å²) >= 11 is 0. The molecule has 4 heteroatoms. The van der Waals surface area contributed by atoms with Crippen LogP contribution in [0.25, 0.3) is 0 Å². The van der Waals surface area contributed by atoms with Crippen molar-refractivity contribution in [2.24, 2.45) is 11.7 Å². The quantitative estimate of drug-likeness (QED) is 0.782. The minimum absolute atomic E-state index is 0.105. The molecule has 0 aromatic heterocycles. The zero-order valence-electron chi connectivity index (χ0n) is 11.9. The molecule has 0 aliphatic carbocycles. The number of nitrogens with two attached hydrogens (primary N) is 1. The minimum atomic E-state index is -0.351. The van der Waals surface area contributed by atoms with Gasteiger partial charge in [-0.25, -0.2) is 0 Å². The van der Waals surface area contributed by atoms with E-state index in [1.54, 1.807) is 0 Å². The molecule has 0 radical (unpaired) electrons. The van der Waals surface area contributed by atoms with E-state index in [0.29, 0.717) is 0 Å². The summed E-state index contributed by atoms with van der Waals surface area (Å²) in [5, 5.41) is 0. The summed E-state index contributed by atoms with van der Waals surface area (Å²) < 4.78 is 0. The van der Waals surface area contributed by atoms with Gasteiger partial charge in [0.05, 0.1) is 6.04 Å². The van der Waals surface area contributed by atoms with Crippen molar-refractivity contribution in [1.82, 2.24) is 9.80 Å². The van der Waals surface area contributed by atoms with Gasteiger partial charge in [-0.05, 0) is 26.7 Å². The number of rotatable bonds is 2. The molecule has 0 unspecified atom stereocenters. The van der Waals surface area contributed by atoms with Crippen molar-refractivity contribution < 1.29 is 4.79 Å². The first kappa shape index (κ1) is 14.5. The maximum absolute atomic E-state index is 12.1. The van der Waals surface area contributed by atoms with E-state index in [0.717, 1.165) is 26.2 Å². The Labute approximate surface area is 105 Å². The van der Waals surface area contributed by atoms with E-state index in [2.05, 4.69) is 25.7 Å². The molecule has 1 heterocycles. The Bertz CT molecular complexity index is 262. The summed E-state index contributed by atoms with van der Waals surface area (Å²) in [4.78, 5) is 16.4. The molecule has 17 heavy (non-hydrogen) atoms. The molecule has 1 amide bonds. The molecular weight excluding hydrogens is 214 g/mol. The summed E-state index contributed by atoms with van der Waals surface area (Å²) in [7, 11) is 0. The predicted molar refractivity (Wildman–Crippen MR) is 70.7 cm³/mol. The second-order valence-electron chi connectivity index (χ2n) is 6.25. The monoisotopic (exact) mass is 241 g/mol. The highest BCUT2D eigenvalue weighted by Crippen LogP contribution is 2.16. The summed E-state index contributed by atoms with van der Waals surface area (Å²) in [6.45, 7) is 14.1. The third-order valence-corrected chi connectivity index (χ3v) is 3.54. The van der Waals surface area contributed by atoms with Gasteiger partial charge in [-0.15, -0.1) is 0 Å². The van der Waals surface area contributed by atoms with E-state index in [9.17, 15) is 4.79 Å². The molecule has 1 rings (SSSR count). The summed E-state index contributed by atoms with van der Waals surface area (Å²) in [5.74, 6) is 0.316. The van der Waals surface area contributed by atoms with Crippen molar-refractivity contribution in [2.75, 3.05) is 26.2 Å². The maximum atomic E-state index is 12.1. The lowest BCUT2D eigenvalue weighted by Gasteiger charge is -2.43. The number of hydrogen-bond donors (Lipinski definition) is 1. The molecule has 0 bridgehead atoms. The minimum Gasteiger partial charge on any atom is -0.339 e. The van der Waals surface area contributed by atoms with Gasteiger partial charge in [-0.3, -0.25) is 9.69 Å². The van der Waals surface area contributed by atoms with Crippen molar-refractivity contribution in [3.63, 3.8) is 0 Å². The highest BCUT2D eigenvalue weighted by Gasteiger charge is 2.30. The lowest BCUT2D eigenvalue weighted by molar-refractivity contribution is -0.136. The molecule has 0 saturated carbocycles. The van der Waals surface area contributed by atoms with Crippen LogP contribution >= 0.6 is 0 Å². The van der Waals surface area contributed by atoms with Gasteiger partial charge in [0.2, 0.25) is 5.91 Å². The highest BCUT2D eigenvalue weighted by atomic mass is 16.2. The number of amides is 1. The summed E-state index contributed by atoms with van der Waals surface area (Å²) in [6, 6.07) is -0.351. The van der Waals surface area contributed by atoms with E-state index in [1.807, 2.05) is 18.7 Å². The Morgan fingerprint density at radius 1 is 1.12 bits per heavy atom.